The van der Waals surface area contributed by atoms with E-state index in [0.717, 1.165) is 12.0 Å². The van der Waals surface area contributed by atoms with Crippen molar-refractivity contribution in [2.45, 2.75) is 33.2 Å². The molecule has 0 fully saturated rings. The summed E-state index contributed by atoms with van der Waals surface area (Å²) in [5.74, 6) is 0.765. The molecule has 0 unspecified atom stereocenters. The smallest absolute Gasteiger partial charge is 0.274 e. The molecule has 20 heavy (non-hydrogen) atoms. The van der Waals surface area contributed by atoms with E-state index in [2.05, 4.69) is 29.1 Å². The Morgan fingerprint density at radius 2 is 2.25 bits per heavy atom. The van der Waals surface area contributed by atoms with E-state index in [-0.39, 0.29) is 11.9 Å². The van der Waals surface area contributed by atoms with Crippen molar-refractivity contribution >= 4 is 5.91 Å². The lowest BCUT2D eigenvalue weighted by atomic mass is 9.98. The van der Waals surface area contributed by atoms with Crippen LogP contribution in [-0.2, 0) is 0 Å². The lowest BCUT2D eigenvalue weighted by Gasteiger charge is -2.20. The normalized spacial score (nSPS) is 12.4. The first kappa shape index (κ1) is 14.2. The molecule has 1 N–H and O–H groups in total. The Morgan fingerprint density at radius 1 is 1.45 bits per heavy atom. The summed E-state index contributed by atoms with van der Waals surface area (Å²) in [7, 11) is 0. The summed E-state index contributed by atoms with van der Waals surface area (Å²) >= 11 is 0. The number of hydrogen-bond acceptors (Lipinski definition) is 4. The monoisotopic (exact) mass is 273 g/mol. The van der Waals surface area contributed by atoms with Gasteiger partial charge in [-0.3, -0.25) is 9.78 Å². The highest BCUT2D eigenvalue weighted by molar-refractivity contribution is 5.93. The van der Waals surface area contributed by atoms with Crippen molar-refractivity contribution in [2.75, 3.05) is 0 Å². The third-order valence-electron chi connectivity index (χ3n) is 3.06. The number of aromatic nitrogens is 2. The predicted octanol–water partition coefficient (Wildman–Crippen LogP) is 2.90. The van der Waals surface area contributed by atoms with Gasteiger partial charge in [0.15, 0.2) is 12.1 Å². The van der Waals surface area contributed by atoms with Gasteiger partial charge in [-0.1, -0.05) is 19.9 Å². The highest BCUT2D eigenvalue weighted by Crippen LogP contribution is 2.21. The standard InChI is InChI=1S/C15H19N3O2/c1-10(2)7-13(12-5-4-6-16-8-12)18-15(19)14-11(3)20-9-17-14/h4-6,8-10,13H,7H2,1-3H3,(H,18,19)/t13-/m0/s1. The minimum absolute atomic E-state index is 0.0766. The molecule has 2 aromatic rings. The summed E-state index contributed by atoms with van der Waals surface area (Å²) in [4.78, 5) is 20.3. The Labute approximate surface area is 118 Å². The molecule has 2 rings (SSSR count). The van der Waals surface area contributed by atoms with Crippen molar-refractivity contribution in [1.29, 1.82) is 0 Å². The van der Waals surface area contributed by atoms with Crippen LogP contribution in [0.4, 0.5) is 0 Å². The van der Waals surface area contributed by atoms with Gasteiger partial charge in [0.1, 0.15) is 5.76 Å². The fourth-order valence-corrected chi connectivity index (χ4v) is 2.08. The number of oxazole rings is 1. The van der Waals surface area contributed by atoms with Crippen molar-refractivity contribution in [3.63, 3.8) is 0 Å². The minimum atomic E-state index is -0.217. The maximum atomic E-state index is 12.2. The first-order valence-electron chi connectivity index (χ1n) is 6.68. The van der Waals surface area contributed by atoms with E-state index >= 15 is 0 Å². The van der Waals surface area contributed by atoms with E-state index in [1.54, 1.807) is 19.3 Å². The van der Waals surface area contributed by atoms with Crippen LogP contribution in [0, 0.1) is 12.8 Å². The number of amides is 1. The summed E-state index contributed by atoms with van der Waals surface area (Å²) in [5, 5.41) is 3.01. The van der Waals surface area contributed by atoms with Crippen molar-refractivity contribution in [2.24, 2.45) is 5.92 Å². The van der Waals surface area contributed by atoms with Gasteiger partial charge in [0, 0.05) is 12.4 Å². The number of nitrogens with zero attached hydrogens (tertiary/aromatic N) is 2. The van der Waals surface area contributed by atoms with Crippen LogP contribution in [0.15, 0.2) is 35.3 Å². The predicted molar refractivity (Wildman–Crippen MR) is 75.1 cm³/mol. The molecule has 0 aromatic carbocycles. The molecule has 0 aliphatic rings. The summed E-state index contributed by atoms with van der Waals surface area (Å²) in [6.07, 6.45) is 5.63. The molecular weight excluding hydrogens is 254 g/mol. The number of carbonyl (C=O) groups excluding carboxylic acids is 1. The molecule has 0 aliphatic carbocycles. The zero-order valence-corrected chi connectivity index (χ0v) is 12.0. The summed E-state index contributed by atoms with van der Waals surface area (Å²) in [5.41, 5.74) is 1.33. The largest absolute Gasteiger partial charge is 0.448 e. The Kier molecular flexibility index (Phi) is 4.50. The number of pyridine rings is 1. The number of carbonyl (C=O) groups is 1. The Hall–Kier alpha value is -2.17. The second kappa shape index (κ2) is 6.32. The fraction of sp³-hybridized carbons (Fsp3) is 0.400. The SMILES string of the molecule is Cc1ocnc1C(=O)N[C@@H](CC(C)C)c1cccnc1. The van der Waals surface area contributed by atoms with Gasteiger partial charge in [-0.2, -0.15) is 0 Å². The molecule has 2 aromatic heterocycles. The maximum Gasteiger partial charge on any atom is 0.274 e. The van der Waals surface area contributed by atoms with E-state index in [4.69, 9.17) is 4.42 Å². The quantitative estimate of drug-likeness (QED) is 0.909. The van der Waals surface area contributed by atoms with Gasteiger partial charge in [0.2, 0.25) is 0 Å². The van der Waals surface area contributed by atoms with Crippen LogP contribution in [0.2, 0.25) is 0 Å². The topological polar surface area (TPSA) is 68.0 Å². The Morgan fingerprint density at radius 3 is 2.80 bits per heavy atom. The van der Waals surface area contributed by atoms with Gasteiger partial charge in [-0.15, -0.1) is 0 Å². The molecule has 5 heteroatoms. The first-order chi connectivity index (χ1) is 9.58. The Balaban J connectivity index is 2.16. The zero-order chi connectivity index (χ0) is 14.5. The second-order valence-corrected chi connectivity index (χ2v) is 5.20. The molecule has 1 amide bonds. The van der Waals surface area contributed by atoms with Gasteiger partial charge < -0.3 is 9.73 Å². The van der Waals surface area contributed by atoms with Crippen molar-refractivity contribution in [3.05, 3.63) is 47.9 Å². The molecule has 2 heterocycles. The third-order valence-corrected chi connectivity index (χ3v) is 3.06. The fourth-order valence-electron chi connectivity index (χ4n) is 2.08. The summed E-state index contributed by atoms with van der Waals surface area (Å²) in [6, 6.07) is 3.76. The highest BCUT2D eigenvalue weighted by atomic mass is 16.3. The van der Waals surface area contributed by atoms with Crippen LogP contribution < -0.4 is 5.32 Å². The molecule has 0 radical (unpaired) electrons. The number of hydrogen-bond donors (Lipinski definition) is 1. The van der Waals surface area contributed by atoms with Gasteiger partial charge in [-0.05, 0) is 30.9 Å². The van der Waals surface area contributed by atoms with Gasteiger partial charge in [-0.25, -0.2) is 4.98 Å². The average molecular weight is 273 g/mol. The third kappa shape index (κ3) is 3.44. The maximum absolute atomic E-state index is 12.2. The number of aryl methyl sites for hydroxylation is 1. The van der Waals surface area contributed by atoms with Crippen LogP contribution in [0.3, 0.4) is 0 Å². The van der Waals surface area contributed by atoms with Crippen molar-refractivity contribution in [3.8, 4) is 0 Å². The van der Waals surface area contributed by atoms with Crippen LogP contribution in [0.1, 0.15) is 48.1 Å². The van der Waals surface area contributed by atoms with Crippen LogP contribution >= 0.6 is 0 Å². The van der Waals surface area contributed by atoms with E-state index in [1.165, 1.54) is 6.39 Å². The molecule has 0 spiro atoms. The highest BCUT2D eigenvalue weighted by Gasteiger charge is 2.20. The molecule has 106 valence electrons. The van der Waals surface area contributed by atoms with Crippen LogP contribution in [0.5, 0.6) is 0 Å². The van der Waals surface area contributed by atoms with Crippen LogP contribution in [-0.4, -0.2) is 15.9 Å². The van der Waals surface area contributed by atoms with Crippen molar-refractivity contribution < 1.29 is 9.21 Å². The second-order valence-electron chi connectivity index (χ2n) is 5.20. The molecule has 5 nitrogen and oxygen atoms in total. The van der Waals surface area contributed by atoms with Gasteiger partial charge in [0.25, 0.3) is 5.91 Å². The summed E-state index contributed by atoms with van der Waals surface area (Å²) < 4.78 is 5.07. The van der Waals surface area contributed by atoms with Crippen LogP contribution in [0.25, 0.3) is 0 Å². The summed E-state index contributed by atoms with van der Waals surface area (Å²) in [6.45, 7) is 5.97. The van der Waals surface area contributed by atoms with E-state index in [1.807, 2.05) is 12.1 Å². The molecule has 0 saturated carbocycles. The molecular formula is C15H19N3O2. The lowest BCUT2D eigenvalue weighted by Crippen LogP contribution is -2.30. The number of nitrogens with one attached hydrogen (secondary N) is 1. The molecule has 0 bridgehead atoms. The van der Waals surface area contributed by atoms with E-state index in [9.17, 15) is 4.79 Å². The zero-order valence-electron chi connectivity index (χ0n) is 12.0. The average Bonchev–Trinajstić information content (AvgIpc) is 2.85. The lowest BCUT2D eigenvalue weighted by molar-refractivity contribution is 0.0926. The Bertz CT molecular complexity index is 564. The molecule has 0 aliphatic heterocycles. The van der Waals surface area contributed by atoms with Crippen molar-refractivity contribution in [1.82, 2.24) is 15.3 Å². The molecule has 1 atom stereocenters. The number of rotatable bonds is 5. The van der Waals surface area contributed by atoms with Gasteiger partial charge in [0.05, 0.1) is 6.04 Å². The minimum Gasteiger partial charge on any atom is -0.448 e. The van der Waals surface area contributed by atoms with E-state index in [0.29, 0.717) is 17.4 Å². The molecule has 0 saturated heterocycles. The first-order valence-corrected chi connectivity index (χ1v) is 6.68. The van der Waals surface area contributed by atoms with E-state index < -0.39 is 0 Å². The van der Waals surface area contributed by atoms with Gasteiger partial charge >= 0.3 is 0 Å².